The lowest BCUT2D eigenvalue weighted by Crippen LogP contribution is -2.26. The maximum absolute atomic E-state index is 12.2. The fourth-order valence-corrected chi connectivity index (χ4v) is 3.62. The van der Waals surface area contributed by atoms with Crippen LogP contribution in [0.5, 0.6) is 0 Å². The summed E-state index contributed by atoms with van der Waals surface area (Å²) in [6.07, 6.45) is 0.298. The summed E-state index contributed by atoms with van der Waals surface area (Å²) in [7, 11) is 1.78. The molecule has 0 radical (unpaired) electrons. The van der Waals surface area contributed by atoms with Gasteiger partial charge in [-0.15, -0.1) is 10.2 Å². The molecule has 2 N–H and O–H groups in total. The molecule has 0 spiro atoms. The van der Waals surface area contributed by atoms with Crippen LogP contribution in [0.4, 0.5) is 5.69 Å². The molecular weight excluding hydrogens is 445 g/mol. The van der Waals surface area contributed by atoms with E-state index in [9.17, 15) is 9.59 Å². The summed E-state index contributed by atoms with van der Waals surface area (Å²) < 4.78 is 1.74. The molecule has 0 unspecified atom stereocenters. The van der Waals surface area contributed by atoms with E-state index in [-0.39, 0.29) is 24.1 Å². The zero-order valence-corrected chi connectivity index (χ0v) is 18.4. The molecular formula is C20H19Cl2N5O2S. The molecule has 3 rings (SSSR count). The van der Waals surface area contributed by atoms with Crippen molar-refractivity contribution < 1.29 is 9.59 Å². The SMILES string of the molecule is Cn1c(CNC(=O)Cc2ccccc2)nnc1SCC(=O)Nc1cc(Cl)ccc1Cl. The van der Waals surface area contributed by atoms with Crippen molar-refractivity contribution in [2.45, 2.75) is 18.1 Å². The molecule has 0 atom stereocenters. The molecule has 30 heavy (non-hydrogen) atoms. The van der Waals surface area contributed by atoms with Crippen LogP contribution in [0.2, 0.25) is 10.0 Å². The molecule has 2 aromatic carbocycles. The molecule has 10 heteroatoms. The number of thioether (sulfide) groups is 1. The van der Waals surface area contributed by atoms with Crippen LogP contribution in [0.15, 0.2) is 53.7 Å². The Balaban J connectivity index is 1.49. The summed E-state index contributed by atoms with van der Waals surface area (Å²) >= 11 is 13.2. The highest BCUT2D eigenvalue weighted by atomic mass is 35.5. The Kier molecular flexibility index (Phi) is 7.73. The van der Waals surface area contributed by atoms with Crippen LogP contribution >= 0.6 is 35.0 Å². The topological polar surface area (TPSA) is 88.9 Å². The lowest BCUT2D eigenvalue weighted by Gasteiger charge is -2.08. The number of halogens is 2. The normalized spacial score (nSPS) is 10.6. The van der Waals surface area contributed by atoms with Crippen molar-refractivity contribution in [2.24, 2.45) is 7.05 Å². The van der Waals surface area contributed by atoms with E-state index in [0.717, 1.165) is 5.56 Å². The van der Waals surface area contributed by atoms with Crippen LogP contribution in [0.1, 0.15) is 11.4 Å². The first-order valence-corrected chi connectivity index (χ1v) is 10.7. The molecule has 0 fully saturated rings. The van der Waals surface area contributed by atoms with Crippen LogP contribution < -0.4 is 10.6 Å². The first kappa shape index (κ1) is 22.1. The van der Waals surface area contributed by atoms with Crippen molar-refractivity contribution in [3.63, 3.8) is 0 Å². The number of amides is 2. The van der Waals surface area contributed by atoms with Crippen LogP contribution in [-0.2, 0) is 29.6 Å². The van der Waals surface area contributed by atoms with Gasteiger partial charge in [0.2, 0.25) is 11.8 Å². The first-order valence-electron chi connectivity index (χ1n) is 8.99. The molecule has 0 aliphatic rings. The smallest absolute Gasteiger partial charge is 0.234 e. The highest BCUT2D eigenvalue weighted by Crippen LogP contribution is 2.26. The number of aromatic nitrogens is 3. The lowest BCUT2D eigenvalue weighted by molar-refractivity contribution is -0.120. The van der Waals surface area contributed by atoms with Gasteiger partial charge in [-0.2, -0.15) is 0 Å². The van der Waals surface area contributed by atoms with Crippen LogP contribution in [0.25, 0.3) is 0 Å². The maximum atomic E-state index is 12.2. The number of carbonyl (C=O) groups excluding carboxylic acids is 2. The number of hydrogen-bond donors (Lipinski definition) is 2. The molecule has 2 amide bonds. The third-order valence-electron chi connectivity index (χ3n) is 4.11. The lowest BCUT2D eigenvalue weighted by atomic mass is 10.1. The second kappa shape index (κ2) is 10.5. The van der Waals surface area contributed by atoms with Gasteiger partial charge in [-0.05, 0) is 23.8 Å². The molecule has 1 heterocycles. The summed E-state index contributed by atoms with van der Waals surface area (Å²) in [5.41, 5.74) is 1.39. The molecule has 3 aromatic rings. The minimum Gasteiger partial charge on any atom is -0.349 e. The standard InChI is InChI=1S/C20H19Cl2N5O2S/c1-27-17(11-23-18(28)9-13-5-3-2-4-6-13)25-26-20(27)30-12-19(29)24-16-10-14(21)7-8-15(16)22/h2-8,10H,9,11-12H2,1H3,(H,23,28)(H,24,29). The predicted molar refractivity (Wildman–Crippen MR) is 119 cm³/mol. The Morgan fingerprint density at radius 1 is 1.07 bits per heavy atom. The Labute approximate surface area is 188 Å². The molecule has 7 nitrogen and oxygen atoms in total. The third kappa shape index (κ3) is 6.22. The molecule has 156 valence electrons. The van der Waals surface area contributed by atoms with E-state index in [1.165, 1.54) is 11.8 Å². The highest BCUT2D eigenvalue weighted by molar-refractivity contribution is 7.99. The van der Waals surface area contributed by atoms with Gasteiger partial charge in [0.25, 0.3) is 0 Å². The van der Waals surface area contributed by atoms with Gasteiger partial charge in [-0.25, -0.2) is 0 Å². The fourth-order valence-electron chi connectivity index (χ4n) is 2.56. The molecule has 0 bridgehead atoms. The number of anilines is 1. The summed E-state index contributed by atoms with van der Waals surface area (Å²) in [6, 6.07) is 14.4. The molecule has 0 saturated heterocycles. The van der Waals surface area contributed by atoms with Crippen LogP contribution in [0, 0.1) is 0 Å². The van der Waals surface area contributed by atoms with E-state index >= 15 is 0 Å². The molecule has 0 saturated carbocycles. The van der Waals surface area contributed by atoms with Crippen LogP contribution in [0.3, 0.4) is 0 Å². The van der Waals surface area contributed by atoms with Gasteiger partial charge < -0.3 is 15.2 Å². The van der Waals surface area contributed by atoms with Gasteiger partial charge in [-0.1, -0.05) is 65.3 Å². The highest BCUT2D eigenvalue weighted by Gasteiger charge is 2.13. The monoisotopic (exact) mass is 463 g/mol. The van der Waals surface area contributed by atoms with Gasteiger partial charge >= 0.3 is 0 Å². The van der Waals surface area contributed by atoms with Gasteiger partial charge in [0, 0.05) is 12.1 Å². The average molecular weight is 464 g/mol. The molecule has 0 aliphatic heterocycles. The Hall–Kier alpha value is -2.55. The molecule has 0 aliphatic carbocycles. The quantitative estimate of drug-likeness (QED) is 0.497. The first-order chi connectivity index (χ1) is 14.4. The van der Waals surface area contributed by atoms with Crippen LogP contribution in [-0.4, -0.2) is 32.3 Å². The number of rotatable bonds is 8. The van der Waals surface area contributed by atoms with Gasteiger partial charge in [0.1, 0.15) is 0 Å². The number of hydrogen-bond acceptors (Lipinski definition) is 5. The minimum atomic E-state index is -0.245. The van der Waals surface area contributed by atoms with E-state index in [0.29, 0.717) is 33.1 Å². The van der Waals surface area contributed by atoms with E-state index in [4.69, 9.17) is 23.2 Å². The van der Waals surface area contributed by atoms with Gasteiger partial charge in [0.15, 0.2) is 11.0 Å². The summed E-state index contributed by atoms with van der Waals surface area (Å²) in [4.78, 5) is 24.3. The van der Waals surface area contributed by atoms with Crippen molar-refractivity contribution in [3.8, 4) is 0 Å². The van der Waals surface area contributed by atoms with Crippen molar-refractivity contribution in [1.29, 1.82) is 0 Å². The minimum absolute atomic E-state index is 0.101. The third-order valence-corrected chi connectivity index (χ3v) is 5.70. The van der Waals surface area contributed by atoms with Gasteiger partial charge in [-0.3, -0.25) is 9.59 Å². The number of nitrogens with zero attached hydrogens (tertiary/aromatic N) is 3. The Morgan fingerprint density at radius 3 is 2.60 bits per heavy atom. The summed E-state index contributed by atoms with van der Waals surface area (Å²) in [5.74, 6) is 0.369. The second-order valence-electron chi connectivity index (χ2n) is 6.36. The fraction of sp³-hybridized carbons (Fsp3) is 0.200. The number of carbonyl (C=O) groups is 2. The van der Waals surface area contributed by atoms with E-state index < -0.39 is 0 Å². The average Bonchev–Trinajstić information content (AvgIpc) is 3.08. The zero-order chi connectivity index (χ0) is 21.5. The van der Waals surface area contributed by atoms with Crippen molar-refractivity contribution in [2.75, 3.05) is 11.1 Å². The van der Waals surface area contributed by atoms with Crippen molar-refractivity contribution >= 4 is 52.5 Å². The summed E-state index contributed by atoms with van der Waals surface area (Å²) in [5, 5.41) is 15.2. The maximum Gasteiger partial charge on any atom is 0.234 e. The van der Waals surface area contributed by atoms with Gasteiger partial charge in [0.05, 0.1) is 29.4 Å². The van der Waals surface area contributed by atoms with Crippen molar-refractivity contribution in [3.05, 3.63) is 70.0 Å². The predicted octanol–water partition coefficient (Wildman–Crippen LogP) is 3.71. The van der Waals surface area contributed by atoms with E-state index in [1.807, 2.05) is 30.3 Å². The number of nitrogens with one attached hydrogen (secondary N) is 2. The largest absolute Gasteiger partial charge is 0.349 e. The molecule has 1 aromatic heterocycles. The Morgan fingerprint density at radius 2 is 1.83 bits per heavy atom. The summed E-state index contributed by atoms with van der Waals surface area (Å²) in [6.45, 7) is 0.250. The Bertz CT molecular complexity index is 1040. The number of benzene rings is 2. The zero-order valence-electron chi connectivity index (χ0n) is 16.1. The second-order valence-corrected chi connectivity index (χ2v) is 8.14. The van der Waals surface area contributed by atoms with Crippen molar-refractivity contribution in [1.82, 2.24) is 20.1 Å². The van der Waals surface area contributed by atoms with E-state index in [1.54, 1.807) is 29.8 Å². The van der Waals surface area contributed by atoms with E-state index in [2.05, 4.69) is 20.8 Å².